The van der Waals surface area contributed by atoms with Gasteiger partial charge in [-0.05, 0) is 11.6 Å². The Labute approximate surface area is 77.5 Å². The fraction of sp³-hybridized carbons (Fsp3) is 0.250. The largest absolute Gasteiger partial charge is 0.472 e. The molecule has 0 unspecified atom stereocenters. The minimum atomic E-state index is -4.75. The summed E-state index contributed by atoms with van der Waals surface area (Å²) in [4.78, 5) is 18.4. The highest BCUT2D eigenvalue weighted by Crippen LogP contribution is 2.18. The monoisotopic (exact) mass is 208 g/mol. The van der Waals surface area contributed by atoms with Gasteiger partial charge in [0.15, 0.2) is 0 Å². The van der Waals surface area contributed by atoms with Crippen molar-refractivity contribution < 1.29 is 27.2 Å². The zero-order chi connectivity index (χ0) is 11.2. The van der Waals surface area contributed by atoms with Crippen LogP contribution in [0.2, 0.25) is 0 Å². The number of rotatable bonds is 2. The molecule has 0 amide bonds. The van der Waals surface area contributed by atoms with Gasteiger partial charge in [0.05, 0.1) is 12.5 Å². The summed E-state index contributed by atoms with van der Waals surface area (Å²) in [5.74, 6) is -1.76. The van der Waals surface area contributed by atoms with E-state index in [1.807, 2.05) is 6.79 Å². The number of carbonyl (C=O) groups excluding carboxylic acids is 2. The van der Waals surface area contributed by atoms with Gasteiger partial charge in [0.2, 0.25) is 5.78 Å². The summed E-state index contributed by atoms with van der Waals surface area (Å²) in [5, 5.41) is 0. The molecule has 0 aromatic carbocycles. The highest BCUT2D eigenvalue weighted by molar-refractivity contribution is 5.85. The molecule has 6 heteroatoms. The number of Topliss-reactive ketones (excluding diaryl/α,β-unsaturated/α-hetero) is 1. The maximum absolute atomic E-state index is 11.7. The smallest absolute Gasteiger partial charge is 0.450 e. The summed E-state index contributed by atoms with van der Waals surface area (Å²) >= 11 is 0. The van der Waals surface area contributed by atoms with E-state index in [0.29, 0.717) is 0 Å². The van der Waals surface area contributed by atoms with Crippen LogP contribution < -0.4 is 0 Å². The van der Waals surface area contributed by atoms with Crippen molar-refractivity contribution in [2.45, 2.75) is 12.6 Å². The van der Waals surface area contributed by atoms with Crippen LogP contribution in [0.4, 0.5) is 13.2 Å². The second-order valence-electron chi connectivity index (χ2n) is 2.23. The zero-order valence-electron chi connectivity index (χ0n) is 7.00. The number of carbonyl (C=O) groups is 2. The maximum Gasteiger partial charge on any atom is 0.450 e. The van der Waals surface area contributed by atoms with Crippen LogP contribution in [0, 0.1) is 0 Å². The Bertz CT molecular complexity index is 277. The maximum atomic E-state index is 11.7. The van der Waals surface area contributed by atoms with E-state index in [4.69, 9.17) is 4.79 Å². The fourth-order valence-electron chi connectivity index (χ4n) is 0.679. The molecule has 1 aromatic rings. The first-order chi connectivity index (χ1) is 6.50. The molecule has 1 heterocycles. The number of halogens is 3. The van der Waals surface area contributed by atoms with Crippen LogP contribution in [-0.2, 0) is 16.0 Å². The summed E-state index contributed by atoms with van der Waals surface area (Å²) < 4.78 is 39.5. The standard InChI is InChI=1S/C7H5F3O2.CH2O/c8-7(9,10)6(11)3-5-1-2-12-4-5;1-2/h1-2,4H,3H2;1H2. The molecule has 0 radical (unpaired) electrons. The van der Waals surface area contributed by atoms with E-state index in [2.05, 4.69) is 4.42 Å². The molecule has 78 valence electrons. The molecule has 14 heavy (non-hydrogen) atoms. The Morgan fingerprint density at radius 3 is 2.36 bits per heavy atom. The number of hydrogen-bond acceptors (Lipinski definition) is 3. The van der Waals surface area contributed by atoms with E-state index in [1.165, 1.54) is 12.3 Å². The van der Waals surface area contributed by atoms with Gasteiger partial charge in [0, 0.05) is 6.42 Å². The molecule has 0 aliphatic rings. The normalized spacial score (nSPS) is 10.2. The van der Waals surface area contributed by atoms with Crippen molar-refractivity contribution in [3.8, 4) is 0 Å². The molecule has 0 saturated heterocycles. The molecule has 0 aliphatic carbocycles. The summed E-state index contributed by atoms with van der Waals surface area (Å²) in [6, 6.07) is 1.32. The Morgan fingerprint density at radius 2 is 2.00 bits per heavy atom. The highest BCUT2D eigenvalue weighted by Gasteiger charge is 2.37. The number of ketones is 1. The van der Waals surface area contributed by atoms with Crippen molar-refractivity contribution in [1.82, 2.24) is 0 Å². The molecular formula is C8H7F3O3. The Morgan fingerprint density at radius 1 is 1.43 bits per heavy atom. The van der Waals surface area contributed by atoms with Crippen molar-refractivity contribution in [1.29, 1.82) is 0 Å². The van der Waals surface area contributed by atoms with Gasteiger partial charge in [-0.25, -0.2) is 0 Å². The van der Waals surface area contributed by atoms with Crippen molar-refractivity contribution in [2.75, 3.05) is 0 Å². The molecule has 0 bridgehead atoms. The summed E-state index contributed by atoms with van der Waals surface area (Å²) in [6.07, 6.45) is -3.07. The highest BCUT2D eigenvalue weighted by atomic mass is 19.4. The Kier molecular flexibility index (Phi) is 4.62. The van der Waals surface area contributed by atoms with Crippen LogP contribution >= 0.6 is 0 Å². The molecule has 1 aromatic heterocycles. The first-order valence-corrected chi connectivity index (χ1v) is 3.40. The lowest BCUT2D eigenvalue weighted by molar-refractivity contribution is -0.170. The molecular weight excluding hydrogens is 201 g/mol. The SMILES string of the molecule is C=O.O=C(Cc1ccoc1)C(F)(F)F. The van der Waals surface area contributed by atoms with Crippen LogP contribution in [-0.4, -0.2) is 18.7 Å². The van der Waals surface area contributed by atoms with E-state index in [9.17, 15) is 18.0 Å². The number of alkyl halides is 3. The zero-order valence-corrected chi connectivity index (χ0v) is 7.00. The molecule has 0 saturated carbocycles. The van der Waals surface area contributed by atoms with Crippen LogP contribution in [0.15, 0.2) is 23.0 Å². The van der Waals surface area contributed by atoms with Gasteiger partial charge in [-0.1, -0.05) is 0 Å². The first-order valence-electron chi connectivity index (χ1n) is 3.40. The van der Waals surface area contributed by atoms with E-state index in [1.54, 1.807) is 0 Å². The van der Waals surface area contributed by atoms with E-state index in [-0.39, 0.29) is 5.56 Å². The summed E-state index contributed by atoms with van der Waals surface area (Å²) in [7, 11) is 0. The average Bonchev–Trinajstić information content (AvgIpc) is 2.59. The van der Waals surface area contributed by atoms with Gasteiger partial charge >= 0.3 is 6.18 Å². The van der Waals surface area contributed by atoms with Crippen LogP contribution in [0.5, 0.6) is 0 Å². The van der Waals surface area contributed by atoms with Crippen molar-refractivity contribution in [3.63, 3.8) is 0 Å². The van der Waals surface area contributed by atoms with Crippen LogP contribution in [0.25, 0.3) is 0 Å². The van der Waals surface area contributed by atoms with Crippen LogP contribution in [0.1, 0.15) is 5.56 Å². The second-order valence-corrected chi connectivity index (χ2v) is 2.23. The molecule has 0 atom stereocenters. The lowest BCUT2D eigenvalue weighted by atomic mass is 10.2. The topological polar surface area (TPSA) is 47.3 Å². The van der Waals surface area contributed by atoms with Gasteiger partial charge < -0.3 is 9.21 Å². The predicted molar refractivity (Wildman–Crippen MR) is 40.6 cm³/mol. The fourth-order valence-corrected chi connectivity index (χ4v) is 0.679. The van der Waals surface area contributed by atoms with Crippen LogP contribution in [0.3, 0.4) is 0 Å². The minimum absolute atomic E-state index is 0.234. The third-order valence-electron chi connectivity index (χ3n) is 1.26. The molecule has 0 spiro atoms. The lowest BCUT2D eigenvalue weighted by Crippen LogP contribution is -2.24. The quantitative estimate of drug-likeness (QED) is 0.744. The third-order valence-corrected chi connectivity index (χ3v) is 1.26. The van der Waals surface area contributed by atoms with Crippen molar-refractivity contribution in [2.24, 2.45) is 0 Å². The van der Waals surface area contributed by atoms with Gasteiger partial charge in [-0.3, -0.25) is 4.79 Å². The Hall–Kier alpha value is -1.59. The molecule has 0 aliphatic heterocycles. The third kappa shape index (κ3) is 3.88. The first kappa shape index (κ1) is 12.4. The average molecular weight is 208 g/mol. The van der Waals surface area contributed by atoms with Crippen molar-refractivity contribution >= 4 is 12.6 Å². The van der Waals surface area contributed by atoms with Gasteiger partial charge in [-0.15, -0.1) is 0 Å². The molecule has 0 fully saturated rings. The summed E-state index contributed by atoms with van der Waals surface area (Å²) in [5.41, 5.74) is 0.234. The molecule has 3 nitrogen and oxygen atoms in total. The van der Waals surface area contributed by atoms with Gasteiger partial charge in [0.1, 0.15) is 6.79 Å². The van der Waals surface area contributed by atoms with Gasteiger partial charge in [0.25, 0.3) is 0 Å². The molecule has 0 N–H and O–H groups in total. The second kappa shape index (κ2) is 5.21. The lowest BCUT2D eigenvalue weighted by Gasteiger charge is -2.01. The Balaban J connectivity index is 0.000000791. The van der Waals surface area contributed by atoms with Gasteiger partial charge in [-0.2, -0.15) is 13.2 Å². The predicted octanol–water partition coefficient (Wildman–Crippen LogP) is 1.77. The summed E-state index contributed by atoms with van der Waals surface area (Å²) in [6.45, 7) is 2.00. The van der Waals surface area contributed by atoms with E-state index in [0.717, 1.165) is 6.26 Å². The number of furan rings is 1. The minimum Gasteiger partial charge on any atom is -0.472 e. The van der Waals surface area contributed by atoms with Crippen molar-refractivity contribution in [3.05, 3.63) is 24.2 Å². The molecule has 1 rings (SSSR count). The number of hydrogen-bond donors (Lipinski definition) is 0. The van der Waals surface area contributed by atoms with E-state index >= 15 is 0 Å². The van der Waals surface area contributed by atoms with E-state index < -0.39 is 18.4 Å².